The van der Waals surface area contributed by atoms with Gasteiger partial charge in [-0.3, -0.25) is 0 Å². The number of benzene rings is 2. The molecule has 21 heavy (non-hydrogen) atoms. The summed E-state index contributed by atoms with van der Waals surface area (Å²) in [5, 5.41) is -0.838. The van der Waals surface area contributed by atoms with Gasteiger partial charge in [0.15, 0.2) is 0 Å². The van der Waals surface area contributed by atoms with Gasteiger partial charge in [-0.15, -0.1) is 11.6 Å². The highest BCUT2D eigenvalue weighted by molar-refractivity contribution is 9.10. The van der Waals surface area contributed by atoms with Crippen molar-refractivity contribution in [3.05, 3.63) is 68.7 Å². The van der Waals surface area contributed by atoms with Crippen molar-refractivity contribution < 1.29 is 13.2 Å². The Morgan fingerprint density at radius 3 is 2.19 bits per heavy atom. The molecule has 0 saturated carbocycles. The number of halogens is 5. The summed E-state index contributed by atoms with van der Waals surface area (Å²) in [7, 11) is 0. The van der Waals surface area contributed by atoms with E-state index in [0.717, 1.165) is 17.2 Å². The molecule has 0 N–H and O–H groups in total. The molecule has 0 aliphatic carbocycles. The Bertz CT molecular complexity index is 665. The number of rotatable bonds is 2. The highest BCUT2D eigenvalue weighted by Crippen LogP contribution is 2.41. The van der Waals surface area contributed by atoms with Crippen LogP contribution < -0.4 is 0 Å². The Hall–Kier alpha value is -1.00. The molecule has 1 unspecified atom stereocenters. The molecule has 0 spiro atoms. The zero-order valence-corrected chi connectivity index (χ0v) is 13.8. The van der Waals surface area contributed by atoms with Crippen molar-refractivity contribution in [3.8, 4) is 0 Å². The first kappa shape index (κ1) is 16.4. The molecule has 2 aromatic rings. The first-order chi connectivity index (χ1) is 9.70. The van der Waals surface area contributed by atoms with Crippen LogP contribution in [0.4, 0.5) is 13.2 Å². The maximum atomic E-state index is 13.2. The van der Waals surface area contributed by atoms with Crippen molar-refractivity contribution in [1.29, 1.82) is 0 Å². The summed E-state index contributed by atoms with van der Waals surface area (Å²) in [5.41, 5.74) is 1.98. The van der Waals surface area contributed by atoms with Crippen molar-refractivity contribution in [2.45, 2.75) is 25.4 Å². The summed E-state index contributed by atoms with van der Waals surface area (Å²) >= 11 is 9.41. The molecule has 0 saturated heterocycles. The molecule has 2 aromatic carbocycles. The molecule has 0 nitrogen and oxygen atoms in total. The molecule has 0 heterocycles. The monoisotopic (exact) mass is 376 g/mol. The summed E-state index contributed by atoms with van der Waals surface area (Å²) in [6.07, 6.45) is -4.44. The van der Waals surface area contributed by atoms with Gasteiger partial charge in [0, 0.05) is 4.47 Å². The molecule has 0 fully saturated rings. The van der Waals surface area contributed by atoms with Crippen LogP contribution in [0.15, 0.2) is 40.9 Å². The van der Waals surface area contributed by atoms with Crippen LogP contribution in [0.3, 0.4) is 0 Å². The van der Waals surface area contributed by atoms with E-state index in [1.807, 2.05) is 26.0 Å². The average molecular weight is 378 g/mol. The molecular formula is C16H13BrClF3. The fourth-order valence-corrected chi connectivity index (χ4v) is 3.07. The third kappa shape index (κ3) is 3.61. The second-order valence-electron chi connectivity index (χ2n) is 4.95. The smallest absolute Gasteiger partial charge is 0.166 e. The van der Waals surface area contributed by atoms with E-state index in [1.54, 1.807) is 12.1 Å². The largest absolute Gasteiger partial charge is 0.416 e. The third-order valence-electron chi connectivity index (χ3n) is 3.29. The summed E-state index contributed by atoms with van der Waals surface area (Å²) in [4.78, 5) is 0. The van der Waals surface area contributed by atoms with Crippen LogP contribution in [-0.2, 0) is 6.18 Å². The maximum Gasteiger partial charge on any atom is 0.416 e. The fourth-order valence-electron chi connectivity index (χ4n) is 2.27. The van der Waals surface area contributed by atoms with E-state index < -0.39 is 17.1 Å². The van der Waals surface area contributed by atoms with E-state index in [-0.39, 0.29) is 5.56 Å². The third-order valence-corrected chi connectivity index (χ3v) is 4.26. The summed E-state index contributed by atoms with van der Waals surface area (Å²) in [6, 6.07) is 9.60. The van der Waals surface area contributed by atoms with Gasteiger partial charge in [0.25, 0.3) is 0 Å². The predicted octanol–water partition coefficient (Wildman–Crippen LogP) is 6.41. The molecular weight excluding hydrogens is 365 g/mol. The number of aryl methyl sites for hydroxylation is 2. The van der Waals surface area contributed by atoms with Gasteiger partial charge in [-0.1, -0.05) is 45.8 Å². The van der Waals surface area contributed by atoms with E-state index in [1.165, 1.54) is 6.07 Å². The quantitative estimate of drug-likeness (QED) is 0.530. The summed E-state index contributed by atoms with van der Waals surface area (Å²) < 4.78 is 39.9. The van der Waals surface area contributed by atoms with Crippen molar-refractivity contribution in [2.24, 2.45) is 0 Å². The van der Waals surface area contributed by atoms with Gasteiger partial charge in [0.2, 0.25) is 0 Å². The maximum absolute atomic E-state index is 13.2. The SMILES string of the molecule is Cc1ccc(C(Cl)c2ccc(Br)cc2C(F)(F)F)c(C)c1. The highest BCUT2D eigenvalue weighted by Gasteiger charge is 2.35. The molecule has 1 atom stereocenters. The van der Waals surface area contributed by atoms with Crippen LogP contribution in [0, 0.1) is 13.8 Å². The van der Waals surface area contributed by atoms with Crippen molar-refractivity contribution in [2.75, 3.05) is 0 Å². The lowest BCUT2D eigenvalue weighted by Gasteiger charge is -2.19. The molecule has 0 amide bonds. The van der Waals surface area contributed by atoms with Crippen molar-refractivity contribution in [3.63, 3.8) is 0 Å². The van der Waals surface area contributed by atoms with Crippen LogP contribution in [0.25, 0.3) is 0 Å². The van der Waals surface area contributed by atoms with Crippen LogP contribution in [0.5, 0.6) is 0 Å². The van der Waals surface area contributed by atoms with Gasteiger partial charge in [-0.2, -0.15) is 13.2 Å². The molecule has 0 aromatic heterocycles. The van der Waals surface area contributed by atoms with Gasteiger partial charge in [-0.05, 0) is 42.7 Å². The lowest BCUT2D eigenvalue weighted by molar-refractivity contribution is -0.138. The lowest BCUT2D eigenvalue weighted by atomic mass is 9.95. The molecule has 0 aliphatic rings. The Morgan fingerprint density at radius 2 is 1.62 bits per heavy atom. The number of hydrogen-bond donors (Lipinski definition) is 0. The minimum absolute atomic E-state index is 0.0688. The van der Waals surface area contributed by atoms with Gasteiger partial charge in [0.1, 0.15) is 0 Å². The van der Waals surface area contributed by atoms with Gasteiger partial charge in [0.05, 0.1) is 10.9 Å². The Balaban J connectivity index is 2.55. The predicted molar refractivity (Wildman–Crippen MR) is 82.8 cm³/mol. The summed E-state index contributed by atoms with van der Waals surface area (Å²) in [6.45, 7) is 3.78. The molecule has 0 radical (unpaired) electrons. The fraction of sp³-hybridized carbons (Fsp3) is 0.250. The molecule has 112 valence electrons. The van der Waals surface area contributed by atoms with Crippen LogP contribution in [0.1, 0.15) is 33.2 Å². The second kappa shape index (κ2) is 6.01. The zero-order valence-electron chi connectivity index (χ0n) is 11.4. The first-order valence-electron chi connectivity index (χ1n) is 6.28. The van der Waals surface area contributed by atoms with Crippen LogP contribution in [0.2, 0.25) is 0 Å². The Morgan fingerprint density at radius 1 is 1.00 bits per heavy atom. The zero-order chi connectivity index (χ0) is 15.8. The van der Waals surface area contributed by atoms with Gasteiger partial charge in [-0.25, -0.2) is 0 Å². The van der Waals surface area contributed by atoms with Gasteiger partial charge >= 0.3 is 6.18 Å². The molecule has 0 bridgehead atoms. The van der Waals surface area contributed by atoms with E-state index in [2.05, 4.69) is 15.9 Å². The molecule has 5 heteroatoms. The van der Waals surface area contributed by atoms with Gasteiger partial charge < -0.3 is 0 Å². The molecule has 0 aliphatic heterocycles. The average Bonchev–Trinajstić information content (AvgIpc) is 2.37. The van der Waals surface area contributed by atoms with Crippen LogP contribution in [-0.4, -0.2) is 0 Å². The summed E-state index contributed by atoms with van der Waals surface area (Å²) in [5.74, 6) is 0. The lowest BCUT2D eigenvalue weighted by Crippen LogP contribution is -2.11. The van der Waals surface area contributed by atoms with E-state index in [4.69, 9.17) is 11.6 Å². The van der Waals surface area contributed by atoms with E-state index in [9.17, 15) is 13.2 Å². The minimum Gasteiger partial charge on any atom is -0.166 e. The number of hydrogen-bond acceptors (Lipinski definition) is 0. The normalized spacial score (nSPS) is 13.3. The highest BCUT2D eigenvalue weighted by atomic mass is 79.9. The minimum atomic E-state index is -4.44. The number of alkyl halides is 4. The van der Waals surface area contributed by atoms with Crippen LogP contribution >= 0.6 is 27.5 Å². The Kier molecular flexibility index (Phi) is 4.69. The molecule has 2 rings (SSSR count). The van der Waals surface area contributed by atoms with Crippen molar-refractivity contribution >= 4 is 27.5 Å². The Labute approximate surface area is 135 Å². The van der Waals surface area contributed by atoms with E-state index in [0.29, 0.717) is 10.0 Å². The van der Waals surface area contributed by atoms with Crippen molar-refractivity contribution in [1.82, 2.24) is 0 Å². The van der Waals surface area contributed by atoms with E-state index >= 15 is 0 Å². The first-order valence-corrected chi connectivity index (χ1v) is 7.51. The topological polar surface area (TPSA) is 0 Å². The standard InChI is InChI=1S/C16H13BrClF3/c1-9-3-5-12(10(2)7-9)15(18)13-6-4-11(17)8-14(13)16(19,20)21/h3-8,15H,1-2H3. The second-order valence-corrected chi connectivity index (χ2v) is 6.30.